The molecular formula is C21H17FN2O3S. The number of aryl methyl sites for hydroxylation is 2. The largest absolute Gasteiger partial charge is 0.482 e. The van der Waals surface area contributed by atoms with Crippen LogP contribution in [0.2, 0.25) is 0 Å². The van der Waals surface area contributed by atoms with Crippen LogP contribution in [0.5, 0.6) is 5.75 Å². The Balaban J connectivity index is 1.69. The van der Waals surface area contributed by atoms with E-state index < -0.39 is 5.82 Å². The van der Waals surface area contributed by atoms with E-state index >= 15 is 0 Å². The zero-order valence-electron chi connectivity index (χ0n) is 15.4. The van der Waals surface area contributed by atoms with Crippen molar-refractivity contribution in [3.63, 3.8) is 0 Å². The Hall–Kier alpha value is -3.06. The van der Waals surface area contributed by atoms with Crippen molar-refractivity contribution in [3.8, 4) is 17.0 Å². The Morgan fingerprint density at radius 2 is 1.96 bits per heavy atom. The van der Waals surface area contributed by atoms with Gasteiger partial charge in [-0.3, -0.25) is 14.5 Å². The number of Topliss-reactive ketones (excluding diaryl/α,β-unsaturated/α-hetero) is 1. The molecule has 0 saturated heterocycles. The second-order valence-corrected chi connectivity index (χ2v) is 7.93. The van der Waals surface area contributed by atoms with Crippen LogP contribution in [0.1, 0.15) is 20.2 Å². The molecule has 0 unspecified atom stereocenters. The van der Waals surface area contributed by atoms with Crippen LogP contribution in [0.25, 0.3) is 11.3 Å². The van der Waals surface area contributed by atoms with Crippen molar-refractivity contribution in [2.75, 3.05) is 18.1 Å². The summed E-state index contributed by atoms with van der Waals surface area (Å²) in [6, 6.07) is 10.8. The Bertz CT molecular complexity index is 1080. The number of fused-ring (bicyclic) bond motifs is 1. The van der Waals surface area contributed by atoms with Crippen LogP contribution in [0.4, 0.5) is 10.1 Å². The van der Waals surface area contributed by atoms with Crippen molar-refractivity contribution in [2.45, 2.75) is 13.8 Å². The monoisotopic (exact) mass is 396 g/mol. The number of amides is 1. The van der Waals surface area contributed by atoms with Crippen LogP contribution in [0, 0.1) is 19.7 Å². The highest BCUT2D eigenvalue weighted by atomic mass is 32.1. The maximum Gasteiger partial charge on any atom is 0.265 e. The topological polar surface area (TPSA) is 59.5 Å². The summed E-state index contributed by atoms with van der Waals surface area (Å²) in [6.45, 7) is 3.67. The molecule has 1 aliphatic heterocycles. The van der Waals surface area contributed by atoms with Gasteiger partial charge in [-0.1, -0.05) is 0 Å². The molecule has 0 fully saturated rings. The summed E-state index contributed by atoms with van der Waals surface area (Å²) in [4.78, 5) is 32.2. The number of rotatable bonds is 4. The number of aromatic nitrogens is 1. The van der Waals surface area contributed by atoms with E-state index in [4.69, 9.17) is 4.74 Å². The van der Waals surface area contributed by atoms with Crippen LogP contribution in [-0.4, -0.2) is 29.8 Å². The Morgan fingerprint density at radius 3 is 2.64 bits per heavy atom. The summed E-state index contributed by atoms with van der Waals surface area (Å²) in [5, 5.41) is 0.959. The van der Waals surface area contributed by atoms with E-state index in [0.717, 1.165) is 21.1 Å². The van der Waals surface area contributed by atoms with E-state index in [9.17, 15) is 14.0 Å². The lowest BCUT2D eigenvalue weighted by atomic mass is 10.1. The Labute approximate surface area is 165 Å². The standard InChI is InChI=1S/C21H17FN2O3S/c1-12-21(23-13(2)28-12)15-5-8-19-17(9-15)24(20(26)11-27-19)10-18(25)14-3-6-16(22)7-4-14/h3-9H,10-11H2,1-2H3. The summed E-state index contributed by atoms with van der Waals surface area (Å²) in [7, 11) is 0. The van der Waals surface area contributed by atoms with Gasteiger partial charge in [-0.05, 0) is 56.3 Å². The minimum Gasteiger partial charge on any atom is -0.482 e. The molecule has 1 aliphatic rings. The fourth-order valence-corrected chi connectivity index (χ4v) is 4.03. The van der Waals surface area contributed by atoms with Crippen molar-refractivity contribution >= 4 is 28.7 Å². The fourth-order valence-electron chi connectivity index (χ4n) is 3.19. The van der Waals surface area contributed by atoms with Crippen molar-refractivity contribution in [3.05, 3.63) is 63.7 Å². The molecule has 2 heterocycles. The molecule has 5 nitrogen and oxygen atoms in total. The van der Waals surface area contributed by atoms with Gasteiger partial charge in [0, 0.05) is 16.0 Å². The number of ketones is 1. The van der Waals surface area contributed by atoms with E-state index in [1.807, 2.05) is 26.0 Å². The number of carbonyl (C=O) groups is 2. The molecule has 3 aromatic rings. The molecule has 0 saturated carbocycles. The smallest absolute Gasteiger partial charge is 0.265 e. The first kappa shape index (κ1) is 18.3. The van der Waals surface area contributed by atoms with E-state index in [-0.39, 0.29) is 24.8 Å². The molecular weight excluding hydrogens is 379 g/mol. The molecule has 0 spiro atoms. The number of ether oxygens (including phenoxy) is 1. The molecule has 28 heavy (non-hydrogen) atoms. The Kier molecular flexibility index (Phi) is 4.68. The van der Waals surface area contributed by atoms with Gasteiger partial charge in [0.25, 0.3) is 5.91 Å². The van der Waals surface area contributed by atoms with E-state index in [1.54, 1.807) is 17.4 Å². The SMILES string of the molecule is Cc1nc(-c2ccc3c(c2)N(CC(=O)c2ccc(F)cc2)C(=O)CO3)c(C)s1. The van der Waals surface area contributed by atoms with Crippen LogP contribution in [0.15, 0.2) is 42.5 Å². The highest BCUT2D eigenvalue weighted by Crippen LogP contribution is 2.37. The van der Waals surface area contributed by atoms with Gasteiger partial charge in [0.15, 0.2) is 12.4 Å². The van der Waals surface area contributed by atoms with Crippen molar-refractivity contribution < 1.29 is 18.7 Å². The van der Waals surface area contributed by atoms with Crippen LogP contribution < -0.4 is 9.64 Å². The highest BCUT2D eigenvalue weighted by Gasteiger charge is 2.28. The first-order valence-corrected chi connectivity index (χ1v) is 9.54. The van der Waals surface area contributed by atoms with E-state index in [2.05, 4.69) is 4.98 Å². The predicted octanol–water partition coefficient (Wildman–Crippen LogP) is 4.17. The molecule has 0 aliphatic carbocycles. The van der Waals surface area contributed by atoms with Gasteiger partial charge in [-0.15, -0.1) is 11.3 Å². The van der Waals surface area contributed by atoms with Crippen LogP contribution in [0.3, 0.4) is 0 Å². The first-order chi connectivity index (χ1) is 13.4. The molecule has 1 amide bonds. The summed E-state index contributed by atoms with van der Waals surface area (Å²) < 4.78 is 18.6. The summed E-state index contributed by atoms with van der Waals surface area (Å²) in [5.41, 5.74) is 2.60. The minimum atomic E-state index is -0.414. The molecule has 0 radical (unpaired) electrons. The summed E-state index contributed by atoms with van der Waals surface area (Å²) in [6.07, 6.45) is 0. The molecule has 0 N–H and O–H groups in total. The second-order valence-electron chi connectivity index (χ2n) is 6.52. The summed E-state index contributed by atoms with van der Waals surface area (Å²) in [5.74, 6) is -0.443. The summed E-state index contributed by atoms with van der Waals surface area (Å²) >= 11 is 1.60. The third kappa shape index (κ3) is 3.41. The third-order valence-corrected chi connectivity index (χ3v) is 5.43. The predicted molar refractivity (Wildman–Crippen MR) is 106 cm³/mol. The quantitative estimate of drug-likeness (QED) is 0.621. The van der Waals surface area contributed by atoms with Gasteiger partial charge in [0.1, 0.15) is 11.6 Å². The maximum atomic E-state index is 13.1. The average Bonchev–Trinajstić information content (AvgIpc) is 3.02. The van der Waals surface area contributed by atoms with E-state index in [1.165, 1.54) is 29.2 Å². The van der Waals surface area contributed by atoms with Gasteiger partial charge in [0.2, 0.25) is 0 Å². The molecule has 1 aromatic heterocycles. The lowest BCUT2D eigenvalue weighted by Crippen LogP contribution is -2.42. The number of thiazole rings is 1. The minimum absolute atomic E-state index is 0.127. The molecule has 0 bridgehead atoms. The van der Waals surface area contributed by atoms with Crippen molar-refractivity contribution in [1.29, 1.82) is 0 Å². The van der Waals surface area contributed by atoms with Crippen LogP contribution >= 0.6 is 11.3 Å². The molecule has 4 rings (SSSR count). The van der Waals surface area contributed by atoms with Crippen LogP contribution in [-0.2, 0) is 4.79 Å². The zero-order chi connectivity index (χ0) is 19.8. The number of nitrogens with zero attached hydrogens (tertiary/aromatic N) is 2. The number of carbonyl (C=O) groups excluding carboxylic acids is 2. The average molecular weight is 396 g/mol. The van der Waals surface area contributed by atoms with Gasteiger partial charge in [-0.2, -0.15) is 0 Å². The normalized spacial score (nSPS) is 13.2. The molecule has 0 atom stereocenters. The molecule has 7 heteroatoms. The number of hydrogen-bond donors (Lipinski definition) is 0. The molecule has 2 aromatic carbocycles. The van der Waals surface area contributed by atoms with Crippen molar-refractivity contribution in [1.82, 2.24) is 4.98 Å². The third-order valence-electron chi connectivity index (χ3n) is 4.55. The lowest BCUT2D eigenvalue weighted by Gasteiger charge is -2.29. The fraction of sp³-hybridized carbons (Fsp3) is 0.190. The number of halogens is 1. The molecule has 142 valence electrons. The number of hydrogen-bond acceptors (Lipinski definition) is 5. The maximum absolute atomic E-state index is 13.1. The van der Waals surface area contributed by atoms with Gasteiger partial charge >= 0.3 is 0 Å². The van der Waals surface area contributed by atoms with Gasteiger partial charge in [-0.25, -0.2) is 9.37 Å². The number of benzene rings is 2. The lowest BCUT2D eigenvalue weighted by molar-refractivity contribution is -0.121. The zero-order valence-corrected chi connectivity index (χ0v) is 16.2. The van der Waals surface area contributed by atoms with Gasteiger partial charge in [0.05, 0.1) is 22.9 Å². The van der Waals surface area contributed by atoms with Gasteiger partial charge < -0.3 is 4.74 Å². The number of anilines is 1. The Morgan fingerprint density at radius 1 is 1.21 bits per heavy atom. The first-order valence-electron chi connectivity index (χ1n) is 8.73. The highest BCUT2D eigenvalue weighted by molar-refractivity contribution is 7.11. The second kappa shape index (κ2) is 7.16. The van der Waals surface area contributed by atoms with E-state index in [0.29, 0.717) is 17.0 Å². The van der Waals surface area contributed by atoms with Crippen molar-refractivity contribution in [2.24, 2.45) is 0 Å².